The van der Waals surface area contributed by atoms with E-state index in [4.69, 9.17) is 5.11 Å². The molecule has 1 aromatic carbocycles. The van der Waals surface area contributed by atoms with Crippen LogP contribution in [0.2, 0.25) is 0 Å². The summed E-state index contributed by atoms with van der Waals surface area (Å²) in [5.74, 6) is -1.85. The highest BCUT2D eigenvalue weighted by Crippen LogP contribution is 2.25. The van der Waals surface area contributed by atoms with Gasteiger partial charge in [-0.3, -0.25) is 4.79 Å². The van der Waals surface area contributed by atoms with Crippen molar-refractivity contribution in [2.75, 3.05) is 11.6 Å². The van der Waals surface area contributed by atoms with Crippen molar-refractivity contribution >= 4 is 29.1 Å². The molecule has 110 valence electrons. The molecule has 0 saturated heterocycles. The van der Waals surface area contributed by atoms with E-state index in [0.29, 0.717) is 0 Å². The zero-order valence-electron chi connectivity index (χ0n) is 11.3. The van der Waals surface area contributed by atoms with Crippen LogP contribution in [0.15, 0.2) is 34.0 Å². The van der Waals surface area contributed by atoms with Crippen LogP contribution in [0, 0.1) is 5.82 Å². The van der Waals surface area contributed by atoms with Gasteiger partial charge in [-0.15, -0.1) is 11.8 Å². The van der Waals surface area contributed by atoms with E-state index in [-0.39, 0.29) is 17.1 Å². The largest absolute Gasteiger partial charge is 0.476 e. The zero-order valence-corrected chi connectivity index (χ0v) is 12.1. The first-order valence-corrected chi connectivity index (χ1v) is 7.07. The van der Waals surface area contributed by atoms with Gasteiger partial charge in [-0.05, 0) is 24.5 Å². The average Bonchev–Trinajstić information content (AvgIpc) is 2.44. The molecule has 0 radical (unpaired) electrons. The van der Waals surface area contributed by atoms with Gasteiger partial charge in [-0.2, -0.15) is 5.10 Å². The lowest BCUT2D eigenvalue weighted by Crippen LogP contribution is -2.23. The highest BCUT2D eigenvalue weighted by Gasteiger charge is 2.16. The van der Waals surface area contributed by atoms with Gasteiger partial charge in [0.2, 0.25) is 0 Å². The fourth-order valence-corrected chi connectivity index (χ4v) is 2.09. The van der Waals surface area contributed by atoms with Crippen LogP contribution in [-0.2, 0) is 7.05 Å². The zero-order chi connectivity index (χ0) is 15.6. The second-order valence-electron chi connectivity index (χ2n) is 4.14. The molecule has 2 rings (SSSR count). The van der Waals surface area contributed by atoms with Crippen LogP contribution in [0.5, 0.6) is 0 Å². The standard InChI is InChI=1S/C13H12FN3O3S/c1-17-11(18)6-10(12(16-17)13(19)20)15-9-4-3-7(21-2)5-8(9)14/h3-6,15H,1-2H3,(H,19,20). The van der Waals surface area contributed by atoms with Crippen molar-refractivity contribution in [1.29, 1.82) is 0 Å². The maximum atomic E-state index is 13.9. The summed E-state index contributed by atoms with van der Waals surface area (Å²) in [6.45, 7) is 0. The second kappa shape index (κ2) is 5.96. The SMILES string of the molecule is CSc1ccc(Nc2cc(=O)n(C)nc2C(=O)O)c(F)c1. The molecule has 1 heterocycles. The molecule has 8 heteroatoms. The van der Waals surface area contributed by atoms with Gasteiger partial charge in [0.15, 0.2) is 5.69 Å². The summed E-state index contributed by atoms with van der Waals surface area (Å²) in [5.41, 5.74) is -0.833. The molecular weight excluding hydrogens is 297 g/mol. The van der Waals surface area contributed by atoms with Crippen LogP contribution in [0.1, 0.15) is 10.5 Å². The molecule has 21 heavy (non-hydrogen) atoms. The van der Waals surface area contributed by atoms with Crippen molar-refractivity contribution in [3.05, 3.63) is 46.1 Å². The number of rotatable bonds is 4. The number of anilines is 2. The van der Waals surface area contributed by atoms with E-state index in [1.54, 1.807) is 6.07 Å². The van der Waals surface area contributed by atoms with Gasteiger partial charge in [0.1, 0.15) is 5.82 Å². The first-order chi connectivity index (χ1) is 9.92. The minimum Gasteiger partial charge on any atom is -0.476 e. The van der Waals surface area contributed by atoms with Crippen LogP contribution in [0.3, 0.4) is 0 Å². The summed E-state index contributed by atoms with van der Waals surface area (Å²) >= 11 is 1.38. The maximum Gasteiger partial charge on any atom is 0.358 e. The van der Waals surface area contributed by atoms with Crippen molar-refractivity contribution in [2.24, 2.45) is 7.05 Å². The van der Waals surface area contributed by atoms with Gasteiger partial charge in [-0.25, -0.2) is 13.9 Å². The van der Waals surface area contributed by atoms with Crippen LogP contribution in [0.25, 0.3) is 0 Å². The number of carboxylic acid groups (broad SMARTS) is 1. The Morgan fingerprint density at radius 3 is 2.67 bits per heavy atom. The molecular formula is C13H12FN3O3S. The fraction of sp³-hybridized carbons (Fsp3) is 0.154. The summed E-state index contributed by atoms with van der Waals surface area (Å²) in [6, 6.07) is 5.55. The number of hydrogen-bond donors (Lipinski definition) is 2. The third kappa shape index (κ3) is 3.22. The lowest BCUT2D eigenvalue weighted by molar-refractivity contribution is 0.0689. The monoisotopic (exact) mass is 309 g/mol. The first-order valence-electron chi connectivity index (χ1n) is 5.84. The van der Waals surface area contributed by atoms with Gasteiger partial charge in [0.05, 0.1) is 11.4 Å². The van der Waals surface area contributed by atoms with E-state index in [9.17, 15) is 14.0 Å². The van der Waals surface area contributed by atoms with Gasteiger partial charge in [-0.1, -0.05) is 0 Å². The quantitative estimate of drug-likeness (QED) is 0.841. The second-order valence-corrected chi connectivity index (χ2v) is 5.02. The Morgan fingerprint density at radius 1 is 1.38 bits per heavy atom. The lowest BCUT2D eigenvalue weighted by Gasteiger charge is -2.11. The highest BCUT2D eigenvalue weighted by atomic mass is 32.2. The Balaban J connectivity index is 2.46. The Hall–Kier alpha value is -2.35. The minimum absolute atomic E-state index is 0.0543. The molecule has 2 N–H and O–H groups in total. The molecule has 0 unspecified atom stereocenters. The van der Waals surface area contributed by atoms with Gasteiger partial charge < -0.3 is 10.4 Å². The van der Waals surface area contributed by atoms with Gasteiger partial charge >= 0.3 is 5.97 Å². The van der Waals surface area contributed by atoms with Gasteiger partial charge in [0, 0.05) is 18.0 Å². The normalized spacial score (nSPS) is 10.4. The number of thioether (sulfide) groups is 1. The minimum atomic E-state index is -1.31. The summed E-state index contributed by atoms with van der Waals surface area (Å²) in [4.78, 5) is 23.4. The predicted molar refractivity (Wildman–Crippen MR) is 77.9 cm³/mol. The summed E-state index contributed by atoms with van der Waals surface area (Å²) in [6.07, 6.45) is 1.81. The Morgan fingerprint density at radius 2 is 2.10 bits per heavy atom. The van der Waals surface area contributed by atoms with Crippen LogP contribution in [-0.4, -0.2) is 27.1 Å². The van der Waals surface area contributed by atoms with Gasteiger partial charge in [0.25, 0.3) is 5.56 Å². The Bertz CT molecular complexity index is 761. The molecule has 0 saturated carbocycles. The molecule has 0 aliphatic carbocycles. The number of aryl methyl sites for hydroxylation is 1. The van der Waals surface area contributed by atoms with E-state index in [1.807, 2.05) is 6.26 Å². The van der Waals surface area contributed by atoms with Crippen LogP contribution < -0.4 is 10.9 Å². The molecule has 0 fully saturated rings. The molecule has 0 aliphatic heterocycles. The Kier molecular flexibility index (Phi) is 4.27. The molecule has 1 aromatic heterocycles. The average molecular weight is 309 g/mol. The number of nitrogens with one attached hydrogen (secondary N) is 1. The molecule has 0 spiro atoms. The van der Waals surface area contributed by atoms with E-state index in [2.05, 4.69) is 10.4 Å². The lowest BCUT2D eigenvalue weighted by atomic mass is 10.2. The first kappa shape index (κ1) is 15.0. The van der Waals surface area contributed by atoms with E-state index < -0.39 is 17.3 Å². The molecule has 0 atom stereocenters. The van der Waals surface area contributed by atoms with Crippen molar-refractivity contribution in [3.8, 4) is 0 Å². The number of halogens is 1. The fourth-order valence-electron chi connectivity index (χ4n) is 1.66. The summed E-state index contributed by atoms with van der Waals surface area (Å²) in [7, 11) is 1.34. The van der Waals surface area contributed by atoms with E-state index >= 15 is 0 Å². The third-order valence-electron chi connectivity index (χ3n) is 2.74. The number of hydrogen-bond acceptors (Lipinski definition) is 5. The maximum absolute atomic E-state index is 13.9. The van der Waals surface area contributed by atoms with Crippen LogP contribution >= 0.6 is 11.8 Å². The number of carbonyl (C=O) groups is 1. The number of nitrogens with zero attached hydrogens (tertiary/aromatic N) is 2. The predicted octanol–water partition coefficient (Wildman–Crippen LogP) is 2.08. The van der Waals surface area contributed by atoms with E-state index in [0.717, 1.165) is 15.6 Å². The topological polar surface area (TPSA) is 84.2 Å². The molecule has 0 aliphatic rings. The molecule has 0 amide bonds. The van der Waals surface area contributed by atoms with Crippen molar-refractivity contribution in [1.82, 2.24) is 9.78 Å². The molecule has 0 bridgehead atoms. The number of aromatic nitrogens is 2. The van der Waals surface area contributed by atoms with Crippen LogP contribution in [0.4, 0.5) is 15.8 Å². The number of carboxylic acids is 1. The van der Waals surface area contributed by atoms with Crippen molar-refractivity contribution in [2.45, 2.75) is 4.90 Å². The third-order valence-corrected chi connectivity index (χ3v) is 3.47. The van der Waals surface area contributed by atoms with E-state index in [1.165, 1.54) is 30.9 Å². The highest BCUT2D eigenvalue weighted by molar-refractivity contribution is 7.98. The summed E-state index contributed by atoms with van der Waals surface area (Å²) in [5, 5.41) is 15.3. The number of aromatic carboxylic acids is 1. The van der Waals surface area contributed by atoms with Crippen molar-refractivity contribution < 1.29 is 14.3 Å². The summed E-state index contributed by atoms with van der Waals surface area (Å²) < 4.78 is 14.8. The smallest absolute Gasteiger partial charge is 0.358 e. The Labute approximate surface area is 123 Å². The molecule has 2 aromatic rings. The number of benzene rings is 1. The van der Waals surface area contributed by atoms with Crippen molar-refractivity contribution in [3.63, 3.8) is 0 Å². The molecule has 6 nitrogen and oxygen atoms in total.